The second-order valence-corrected chi connectivity index (χ2v) is 7.50. The highest BCUT2D eigenvalue weighted by molar-refractivity contribution is 7.89. The molecule has 5 nitrogen and oxygen atoms in total. The molecule has 0 bridgehead atoms. The fourth-order valence-electron chi connectivity index (χ4n) is 2.62. The highest BCUT2D eigenvalue weighted by atomic mass is 32.2. The van der Waals surface area contributed by atoms with Crippen LogP contribution < -0.4 is 10.0 Å². The lowest BCUT2D eigenvalue weighted by Crippen LogP contribution is -2.33. The third kappa shape index (κ3) is 3.58. The van der Waals surface area contributed by atoms with E-state index in [9.17, 15) is 8.42 Å². The minimum atomic E-state index is -3.39. The van der Waals surface area contributed by atoms with Crippen LogP contribution in [0.3, 0.4) is 0 Å². The van der Waals surface area contributed by atoms with Gasteiger partial charge in [0.1, 0.15) is 0 Å². The van der Waals surface area contributed by atoms with Crippen molar-refractivity contribution in [3.8, 4) is 0 Å². The summed E-state index contributed by atoms with van der Waals surface area (Å²) in [4.78, 5) is 3.29. The third-order valence-corrected chi connectivity index (χ3v) is 5.27. The molecule has 1 aliphatic carbocycles. The number of H-pyrrole nitrogens is 1. The van der Waals surface area contributed by atoms with E-state index in [1.165, 1.54) is 12.8 Å². The van der Waals surface area contributed by atoms with Gasteiger partial charge in [0.15, 0.2) is 0 Å². The Labute approximate surface area is 115 Å². The van der Waals surface area contributed by atoms with E-state index in [0.717, 1.165) is 18.5 Å². The molecule has 108 valence electrons. The SMILES string of the molecule is CNCc1cc(S(=O)(=O)NCC2(C)CCCC2)c[nH]1. The molecule has 1 saturated carbocycles. The van der Waals surface area contributed by atoms with Gasteiger partial charge in [-0.3, -0.25) is 0 Å². The molecule has 1 aromatic heterocycles. The number of hydrogen-bond acceptors (Lipinski definition) is 3. The number of nitrogens with one attached hydrogen (secondary N) is 3. The van der Waals surface area contributed by atoms with Gasteiger partial charge in [-0.1, -0.05) is 19.8 Å². The fourth-order valence-corrected chi connectivity index (χ4v) is 3.84. The molecule has 2 rings (SSSR count). The van der Waals surface area contributed by atoms with Crippen molar-refractivity contribution in [1.82, 2.24) is 15.0 Å². The number of sulfonamides is 1. The van der Waals surface area contributed by atoms with Gasteiger partial charge in [0.05, 0.1) is 4.90 Å². The van der Waals surface area contributed by atoms with Crippen LogP contribution in [0.1, 0.15) is 38.3 Å². The summed E-state index contributed by atoms with van der Waals surface area (Å²) in [5.74, 6) is 0. The largest absolute Gasteiger partial charge is 0.363 e. The molecule has 0 aromatic carbocycles. The first-order valence-corrected chi connectivity index (χ1v) is 8.25. The maximum atomic E-state index is 12.2. The van der Waals surface area contributed by atoms with Crippen LogP contribution >= 0.6 is 0 Å². The highest BCUT2D eigenvalue weighted by Gasteiger charge is 2.30. The predicted molar refractivity (Wildman–Crippen MR) is 75.3 cm³/mol. The lowest BCUT2D eigenvalue weighted by Gasteiger charge is -2.23. The van der Waals surface area contributed by atoms with Crippen LogP contribution in [0.2, 0.25) is 0 Å². The number of aromatic amines is 1. The van der Waals surface area contributed by atoms with Crippen LogP contribution in [0.25, 0.3) is 0 Å². The first kappa shape index (κ1) is 14.6. The first-order chi connectivity index (χ1) is 8.95. The summed E-state index contributed by atoms with van der Waals surface area (Å²) >= 11 is 0. The Morgan fingerprint density at radius 2 is 2.05 bits per heavy atom. The molecule has 0 atom stereocenters. The van der Waals surface area contributed by atoms with E-state index in [0.29, 0.717) is 18.0 Å². The number of aromatic nitrogens is 1. The molecule has 1 fully saturated rings. The Balaban J connectivity index is 2.01. The first-order valence-electron chi connectivity index (χ1n) is 6.77. The Bertz CT molecular complexity index is 516. The smallest absolute Gasteiger partial charge is 0.242 e. The molecule has 0 spiro atoms. The maximum Gasteiger partial charge on any atom is 0.242 e. The van der Waals surface area contributed by atoms with Gasteiger partial charge in [0, 0.05) is 25.0 Å². The molecule has 3 N–H and O–H groups in total. The molecular formula is C13H23N3O2S. The van der Waals surface area contributed by atoms with Crippen molar-refractivity contribution in [1.29, 1.82) is 0 Å². The summed E-state index contributed by atoms with van der Waals surface area (Å²) in [5.41, 5.74) is 0.993. The Hall–Kier alpha value is -0.850. The van der Waals surface area contributed by atoms with Crippen molar-refractivity contribution in [2.24, 2.45) is 5.41 Å². The van der Waals surface area contributed by atoms with Gasteiger partial charge < -0.3 is 10.3 Å². The van der Waals surface area contributed by atoms with Crippen molar-refractivity contribution in [3.05, 3.63) is 18.0 Å². The highest BCUT2D eigenvalue weighted by Crippen LogP contribution is 2.36. The lowest BCUT2D eigenvalue weighted by atomic mass is 9.89. The monoisotopic (exact) mass is 285 g/mol. The molecule has 1 heterocycles. The van der Waals surface area contributed by atoms with E-state index in [4.69, 9.17) is 0 Å². The zero-order chi connectivity index (χ0) is 13.9. The van der Waals surface area contributed by atoms with Gasteiger partial charge in [0.25, 0.3) is 0 Å². The zero-order valence-electron chi connectivity index (χ0n) is 11.6. The van der Waals surface area contributed by atoms with E-state index in [2.05, 4.69) is 21.9 Å². The van der Waals surface area contributed by atoms with Crippen LogP contribution in [0.5, 0.6) is 0 Å². The van der Waals surface area contributed by atoms with E-state index in [-0.39, 0.29) is 5.41 Å². The summed E-state index contributed by atoms with van der Waals surface area (Å²) in [5, 5.41) is 2.99. The molecule has 0 saturated heterocycles. The van der Waals surface area contributed by atoms with Crippen molar-refractivity contribution >= 4 is 10.0 Å². The van der Waals surface area contributed by atoms with Gasteiger partial charge in [-0.25, -0.2) is 13.1 Å². The van der Waals surface area contributed by atoms with Crippen molar-refractivity contribution in [2.75, 3.05) is 13.6 Å². The van der Waals surface area contributed by atoms with Crippen LogP contribution in [0, 0.1) is 5.41 Å². The van der Waals surface area contributed by atoms with Gasteiger partial charge in [0.2, 0.25) is 10.0 Å². The summed E-state index contributed by atoms with van der Waals surface area (Å²) in [6.07, 6.45) is 6.16. The summed E-state index contributed by atoms with van der Waals surface area (Å²) < 4.78 is 27.1. The Morgan fingerprint density at radius 1 is 1.37 bits per heavy atom. The maximum absolute atomic E-state index is 12.2. The fraction of sp³-hybridized carbons (Fsp3) is 0.692. The van der Waals surface area contributed by atoms with Gasteiger partial charge in [-0.05, 0) is 31.4 Å². The number of hydrogen-bond donors (Lipinski definition) is 3. The minimum Gasteiger partial charge on any atom is -0.363 e. The zero-order valence-corrected chi connectivity index (χ0v) is 12.4. The van der Waals surface area contributed by atoms with Crippen molar-refractivity contribution < 1.29 is 8.42 Å². The summed E-state index contributed by atoms with van der Waals surface area (Å²) in [6, 6.07) is 1.68. The van der Waals surface area contributed by atoms with Crippen molar-refractivity contribution in [2.45, 2.75) is 44.0 Å². The van der Waals surface area contributed by atoms with Gasteiger partial charge in [-0.2, -0.15) is 0 Å². The molecular weight excluding hydrogens is 262 g/mol. The average Bonchev–Trinajstić information content (AvgIpc) is 2.98. The molecule has 0 amide bonds. The van der Waals surface area contributed by atoms with E-state index in [1.807, 2.05) is 7.05 Å². The van der Waals surface area contributed by atoms with Crippen LogP contribution in [-0.4, -0.2) is 27.0 Å². The van der Waals surface area contributed by atoms with Crippen LogP contribution in [0.4, 0.5) is 0 Å². The minimum absolute atomic E-state index is 0.122. The predicted octanol–water partition coefficient (Wildman–Crippen LogP) is 1.59. The second kappa shape index (κ2) is 5.64. The standard InChI is InChI=1S/C13H23N3O2S/c1-13(5-3-4-6-13)10-16-19(17,18)12-7-11(8-14-2)15-9-12/h7,9,14-16H,3-6,8,10H2,1-2H3. The molecule has 0 aliphatic heterocycles. The lowest BCUT2D eigenvalue weighted by molar-refractivity contribution is 0.336. The number of rotatable bonds is 6. The molecule has 6 heteroatoms. The normalized spacial score (nSPS) is 18.8. The van der Waals surface area contributed by atoms with Crippen LogP contribution in [-0.2, 0) is 16.6 Å². The van der Waals surface area contributed by atoms with Gasteiger partial charge >= 0.3 is 0 Å². The quantitative estimate of drug-likeness (QED) is 0.743. The Kier molecular flexibility index (Phi) is 4.32. The molecule has 1 aromatic rings. The molecule has 19 heavy (non-hydrogen) atoms. The average molecular weight is 285 g/mol. The third-order valence-electron chi connectivity index (χ3n) is 3.89. The van der Waals surface area contributed by atoms with E-state index < -0.39 is 10.0 Å². The van der Waals surface area contributed by atoms with Gasteiger partial charge in [-0.15, -0.1) is 0 Å². The molecule has 0 unspecified atom stereocenters. The summed E-state index contributed by atoms with van der Waals surface area (Å²) in [7, 11) is -1.56. The van der Waals surface area contributed by atoms with Crippen LogP contribution in [0.15, 0.2) is 17.2 Å². The van der Waals surface area contributed by atoms with Crippen molar-refractivity contribution in [3.63, 3.8) is 0 Å². The molecule has 1 aliphatic rings. The topological polar surface area (TPSA) is 74.0 Å². The summed E-state index contributed by atoms with van der Waals surface area (Å²) in [6.45, 7) is 3.32. The second-order valence-electron chi connectivity index (χ2n) is 5.73. The molecule has 0 radical (unpaired) electrons. The Morgan fingerprint density at radius 3 is 2.68 bits per heavy atom. The van der Waals surface area contributed by atoms with E-state index >= 15 is 0 Å². The van der Waals surface area contributed by atoms with E-state index in [1.54, 1.807) is 12.3 Å².